The average molecular weight is 355 g/mol. The van der Waals surface area contributed by atoms with Crippen LogP contribution in [0.3, 0.4) is 0 Å². The maximum atomic E-state index is 12.5. The van der Waals surface area contributed by atoms with Crippen LogP contribution < -0.4 is 4.90 Å². The summed E-state index contributed by atoms with van der Waals surface area (Å²) in [5.41, 5.74) is 3.73. The molecule has 1 fully saturated rings. The Morgan fingerprint density at radius 3 is 2.27 bits per heavy atom. The Bertz CT molecular complexity index is 768. The smallest absolute Gasteiger partial charge is 0.223 e. The molecule has 6 heteroatoms. The van der Waals surface area contributed by atoms with Gasteiger partial charge in [-0.15, -0.1) is 0 Å². The predicted molar refractivity (Wildman–Crippen MR) is 99.5 cm³/mol. The maximum absolute atomic E-state index is 12.5. The van der Waals surface area contributed by atoms with E-state index >= 15 is 0 Å². The van der Waals surface area contributed by atoms with E-state index in [9.17, 15) is 9.59 Å². The average Bonchev–Trinajstić information content (AvgIpc) is 2.98. The first-order valence-corrected chi connectivity index (χ1v) is 9.01. The van der Waals surface area contributed by atoms with E-state index in [1.54, 1.807) is 6.92 Å². The molecule has 0 bridgehead atoms. The van der Waals surface area contributed by atoms with Crippen LogP contribution in [0.1, 0.15) is 40.7 Å². The van der Waals surface area contributed by atoms with Gasteiger partial charge in [0.2, 0.25) is 5.91 Å². The zero-order chi connectivity index (χ0) is 18.7. The molecular formula is C20H25N3O3. The van der Waals surface area contributed by atoms with Crippen LogP contribution >= 0.6 is 0 Å². The van der Waals surface area contributed by atoms with Crippen molar-refractivity contribution in [2.75, 3.05) is 31.1 Å². The molecule has 2 heterocycles. The van der Waals surface area contributed by atoms with E-state index in [1.807, 2.05) is 43.0 Å². The Balaban J connectivity index is 1.51. The van der Waals surface area contributed by atoms with Gasteiger partial charge in [0.1, 0.15) is 5.76 Å². The fourth-order valence-electron chi connectivity index (χ4n) is 3.37. The molecule has 0 saturated carbocycles. The van der Waals surface area contributed by atoms with Crippen molar-refractivity contribution in [2.24, 2.45) is 0 Å². The summed E-state index contributed by atoms with van der Waals surface area (Å²) < 4.78 is 5.16. The largest absolute Gasteiger partial charge is 0.368 e. The fourth-order valence-corrected chi connectivity index (χ4v) is 3.37. The topological polar surface area (TPSA) is 66.7 Å². The molecule has 0 radical (unpaired) electrons. The minimum absolute atomic E-state index is 0.0743. The molecule has 0 aliphatic carbocycles. The summed E-state index contributed by atoms with van der Waals surface area (Å²) in [6.45, 7) is 8.40. The number of aryl methyl sites for hydroxylation is 2. The first kappa shape index (κ1) is 18.2. The lowest BCUT2D eigenvalue weighted by Gasteiger charge is -2.36. The molecule has 1 aliphatic rings. The number of hydrogen-bond acceptors (Lipinski definition) is 5. The highest BCUT2D eigenvalue weighted by Gasteiger charge is 2.22. The Labute approximate surface area is 153 Å². The minimum Gasteiger partial charge on any atom is -0.368 e. The van der Waals surface area contributed by atoms with Crippen LogP contribution in [0.15, 0.2) is 28.8 Å². The Morgan fingerprint density at radius 1 is 1.08 bits per heavy atom. The molecule has 26 heavy (non-hydrogen) atoms. The summed E-state index contributed by atoms with van der Waals surface area (Å²) >= 11 is 0. The van der Waals surface area contributed by atoms with Crippen molar-refractivity contribution in [1.82, 2.24) is 10.1 Å². The molecule has 0 atom stereocenters. The molecule has 2 aromatic rings. The number of benzene rings is 1. The second-order valence-electron chi connectivity index (χ2n) is 6.77. The quantitative estimate of drug-likeness (QED) is 0.772. The van der Waals surface area contributed by atoms with E-state index in [4.69, 9.17) is 4.52 Å². The Hall–Kier alpha value is -2.63. The Morgan fingerprint density at radius 2 is 1.73 bits per heavy atom. The van der Waals surface area contributed by atoms with E-state index in [2.05, 4.69) is 10.1 Å². The number of rotatable bonds is 5. The molecule has 1 amide bonds. The van der Waals surface area contributed by atoms with Gasteiger partial charge < -0.3 is 14.3 Å². The minimum atomic E-state index is 0.0743. The number of carbonyl (C=O) groups is 2. The van der Waals surface area contributed by atoms with Crippen LogP contribution in [0.2, 0.25) is 0 Å². The zero-order valence-electron chi connectivity index (χ0n) is 15.6. The van der Waals surface area contributed by atoms with Crippen LogP contribution in [0, 0.1) is 13.8 Å². The van der Waals surface area contributed by atoms with Gasteiger partial charge >= 0.3 is 0 Å². The van der Waals surface area contributed by atoms with E-state index in [0.29, 0.717) is 12.8 Å². The lowest BCUT2D eigenvalue weighted by molar-refractivity contribution is -0.131. The molecule has 0 unspecified atom stereocenters. The monoisotopic (exact) mass is 355 g/mol. The normalized spacial score (nSPS) is 14.6. The van der Waals surface area contributed by atoms with E-state index in [1.165, 1.54) is 0 Å². The number of anilines is 1. The van der Waals surface area contributed by atoms with E-state index in [0.717, 1.165) is 54.4 Å². The van der Waals surface area contributed by atoms with Crippen molar-refractivity contribution in [2.45, 2.75) is 33.6 Å². The number of carbonyl (C=O) groups excluding carboxylic acids is 2. The molecule has 1 saturated heterocycles. The Kier molecular flexibility index (Phi) is 5.40. The number of hydrogen-bond donors (Lipinski definition) is 0. The first-order valence-electron chi connectivity index (χ1n) is 9.01. The van der Waals surface area contributed by atoms with Gasteiger partial charge in [-0.25, -0.2) is 0 Å². The highest BCUT2D eigenvalue weighted by molar-refractivity contribution is 5.94. The summed E-state index contributed by atoms with van der Waals surface area (Å²) in [5.74, 6) is 1.05. The third kappa shape index (κ3) is 3.95. The molecule has 0 spiro atoms. The van der Waals surface area contributed by atoms with Gasteiger partial charge in [0.15, 0.2) is 5.78 Å². The van der Waals surface area contributed by atoms with Crippen molar-refractivity contribution in [1.29, 1.82) is 0 Å². The molecule has 6 nitrogen and oxygen atoms in total. The van der Waals surface area contributed by atoms with Gasteiger partial charge in [0.05, 0.1) is 5.69 Å². The van der Waals surface area contributed by atoms with Crippen molar-refractivity contribution in [3.63, 3.8) is 0 Å². The van der Waals surface area contributed by atoms with Gasteiger partial charge in [-0.2, -0.15) is 0 Å². The number of Topliss-reactive ketones (excluding diaryl/α,β-unsaturated/α-hetero) is 1. The van der Waals surface area contributed by atoms with Gasteiger partial charge in [0.25, 0.3) is 0 Å². The van der Waals surface area contributed by atoms with Crippen LogP contribution in [0.25, 0.3) is 0 Å². The fraction of sp³-hybridized carbons (Fsp3) is 0.450. The summed E-state index contributed by atoms with van der Waals surface area (Å²) in [5, 5.41) is 3.94. The molecule has 138 valence electrons. The van der Waals surface area contributed by atoms with E-state index < -0.39 is 0 Å². The number of nitrogens with zero attached hydrogens (tertiary/aromatic N) is 3. The summed E-state index contributed by atoms with van der Waals surface area (Å²) in [6.07, 6.45) is 1.16. The predicted octanol–water partition coefficient (Wildman–Crippen LogP) is 2.78. The van der Waals surface area contributed by atoms with Crippen molar-refractivity contribution in [3.8, 4) is 0 Å². The van der Waals surface area contributed by atoms with Gasteiger partial charge in [-0.05, 0) is 51.5 Å². The third-order valence-electron chi connectivity index (χ3n) is 5.04. The molecule has 0 N–H and O–H groups in total. The summed E-state index contributed by atoms with van der Waals surface area (Å²) in [7, 11) is 0. The third-order valence-corrected chi connectivity index (χ3v) is 5.04. The lowest BCUT2D eigenvalue weighted by Crippen LogP contribution is -2.48. The number of aromatic nitrogens is 1. The van der Waals surface area contributed by atoms with E-state index in [-0.39, 0.29) is 11.7 Å². The lowest BCUT2D eigenvalue weighted by atomic mass is 10.1. The summed E-state index contributed by atoms with van der Waals surface area (Å²) in [6, 6.07) is 7.68. The second kappa shape index (κ2) is 7.72. The van der Waals surface area contributed by atoms with Crippen molar-refractivity contribution >= 4 is 17.4 Å². The van der Waals surface area contributed by atoms with Crippen LogP contribution in [0.5, 0.6) is 0 Å². The van der Waals surface area contributed by atoms with Crippen LogP contribution in [-0.2, 0) is 11.2 Å². The summed E-state index contributed by atoms with van der Waals surface area (Å²) in [4.78, 5) is 28.1. The number of ketones is 1. The molecule has 1 aromatic carbocycles. The van der Waals surface area contributed by atoms with Crippen molar-refractivity contribution < 1.29 is 14.1 Å². The first-order chi connectivity index (χ1) is 12.5. The molecular weight excluding hydrogens is 330 g/mol. The SMILES string of the molecule is CC(=O)c1ccc(N2CCN(C(=O)CCc3c(C)noc3C)CC2)cc1. The molecule has 3 rings (SSSR count). The highest BCUT2D eigenvalue weighted by atomic mass is 16.5. The molecule has 1 aliphatic heterocycles. The van der Waals surface area contributed by atoms with Crippen LogP contribution in [0.4, 0.5) is 5.69 Å². The number of amides is 1. The van der Waals surface area contributed by atoms with Crippen LogP contribution in [-0.4, -0.2) is 47.9 Å². The number of piperazine rings is 1. The standard InChI is InChI=1S/C20H25N3O3/c1-14-19(16(3)26-21-14)8-9-20(25)23-12-10-22(11-13-23)18-6-4-17(5-7-18)15(2)24/h4-7H,8-13H2,1-3H3. The second-order valence-corrected chi connectivity index (χ2v) is 6.77. The van der Waals surface area contributed by atoms with Gasteiger partial charge in [-0.1, -0.05) is 5.16 Å². The molecule has 1 aromatic heterocycles. The maximum Gasteiger partial charge on any atom is 0.223 e. The van der Waals surface area contributed by atoms with Gasteiger partial charge in [0, 0.05) is 49.4 Å². The van der Waals surface area contributed by atoms with Crippen molar-refractivity contribution in [3.05, 3.63) is 46.8 Å². The highest BCUT2D eigenvalue weighted by Crippen LogP contribution is 2.19. The van der Waals surface area contributed by atoms with Gasteiger partial charge in [-0.3, -0.25) is 9.59 Å². The zero-order valence-corrected chi connectivity index (χ0v) is 15.6.